The minimum absolute atomic E-state index is 0.451. The van der Waals surface area contributed by atoms with Crippen LogP contribution in [0.2, 0.25) is 0 Å². The van der Waals surface area contributed by atoms with Gasteiger partial charge < -0.3 is 10.4 Å². The molecule has 0 fully saturated rings. The van der Waals surface area contributed by atoms with Gasteiger partial charge in [0.1, 0.15) is 11.3 Å². The number of aliphatic hydroxyl groups is 1. The van der Waals surface area contributed by atoms with E-state index in [1.165, 1.54) is 0 Å². The van der Waals surface area contributed by atoms with Gasteiger partial charge in [0.05, 0.1) is 5.60 Å². The van der Waals surface area contributed by atoms with E-state index in [1.54, 1.807) is 31.1 Å². The minimum atomic E-state index is -0.752. The molecule has 1 atom stereocenters. The third kappa shape index (κ3) is 3.30. The summed E-state index contributed by atoms with van der Waals surface area (Å²) in [5.41, 5.74) is 0.615. The van der Waals surface area contributed by atoms with Gasteiger partial charge >= 0.3 is 0 Å². The molecular formula is C12H16N4OS. The van der Waals surface area contributed by atoms with Gasteiger partial charge in [-0.3, -0.25) is 4.98 Å². The summed E-state index contributed by atoms with van der Waals surface area (Å²) < 4.78 is 0. The average Bonchev–Trinajstić information content (AvgIpc) is 2.36. The zero-order chi connectivity index (χ0) is 13.0. The third-order valence-corrected chi connectivity index (χ3v) is 3.35. The molecular weight excluding hydrogens is 248 g/mol. The number of hydrogen-bond acceptors (Lipinski definition) is 6. The van der Waals surface area contributed by atoms with Gasteiger partial charge in [0.25, 0.3) is 0 Å². The smallest absolute Gasteiger partial charge is 0.180 e. The molecule has 0 amide bonds. The van der Waals surface area contributed by atoms with Gasteiger partial charge in [0, 0.05) is 24.7 Å². The van der Waals surface area contributed by atoms with Crippen LogP contribution >= 0.6 is 11.8 Å². The molecule has 2 aromatic heterocycles. The molecule has 0 aliphatic carbocycles. The molecule has 1 unspecified atom stereocenters. The zero-order valence-corrected chi connectivity index (χ0v) is 11.2. The summed E-state index contributed by atoms with van der Waals surface area (Å²) in [7, 11) is 0. The van der Waals surface area contributed by atoms with Crippen molar-refractivity contribution in [2.45, 2.75) is 12.5 Å². The topological polar surface area (TPSA) is 70.9 Å². The summed E-state index contributed by atoms with van der Waals surface area (Å²) in [6.07, 6.45) is 5.22. The Morgan fingerprint density at radius 1 is 1.33 bits per heavy atom. The number of aromatic nitrogens is 3. The van der Waals surface area contributed by atoms with Gasteiger partial charge in [0.15, 0.2) is 5.65 Å². The van der Waals surface area contributed by atoms with E-state index in [0.717, 1.165) is 5.52 Å². The second kappa shape index (κ2) is 5.49. The molecule has 2 rings (SSSR count). The molecule has 0 radical (unpaired) electrons. The SMILES string of the molecule is CSCC(C)(O)CNc1ccc2nccnc2n1. The summed E-state index contributed by atoms with van der Waals surface area (Å²) in [5.74, 6) is 1.37. The van der Waals surface area contributed by atoms with Crippen LogP contribution in [0.1, 0.15) is 6.92 Å². The number of rotatable bonds is 5. The predicted octanol–water partition coefficient (Wildman–Crippen LogP) is 1.55. The number of nitrogens with one attached hydrogen (secondary N) is 1. The van der Waals surface area contributed by atoms with Crippen molar-refractivity contribution in [3.05, 3.63) is 24.5 Å². The molecule has 0 aromatic carbocycles. The Balaban J connectivity index is 2.08. The van der Waals surface area contributed by atoms with Crippen LogP contribution in [0.5, 0.6) is 0 Å². The summed E-state index contributed by atoms with van der Waals surface area (Å²) in [5, 5.41) is 13.2. The number of nitrogens with zero attached hydrogens (tertiary/aromatic N) is 3. The summed E-state index contributed by atoms with van der Waals surface area (Å²) in [6.45, 7) is 2.25. The van der Waals surface area contributed by atoms with Crippen LogP contribution in [0.25, 0.3) is 11.2 Å². The normalized spacial score (nSPS) is 14.4. The van der Waals surface area contributed by atoms with Crippen LogP contribution in [0.3, 0.4) is 0 Å². The molecule has 0 saturated carbocycles. The largest absolute Gasteiger partial charge is 0.387 e. The highest BCUT2D eigenvalue weighted by molar-refractivity contribution is 7.98. The third-order valence-electron chi connectivity index (χ3n) is 2.44. The van der Waals surface area contributed by atoms with E-state index in [-0.39, 0.29) is 0 Å². The van der Waals surface area contributed by atoms with Crippen molar-refractivity contribution < 1.29 is 5.11 Å². The number of thioether (sulfide) groups is 1. The maximum atomic E-state index is 10.0. The average molecular weight is 264 g/mol. The molecule has 2 aromatic rings. The summed E-state index contributed by atoms with van der Waals surface area (Å²) in [6, 6.07) is 3.70. The number of pyridine rings is 1. The molecule has 0 aliphatic rings. The standard InChI is InChI=1S/C12H16N4OS/c1-12(17,8-18-2)7-15-10-4-3-9-11(16-10)14-6-5-13-9/h3-6,17H,7-8H2,1-2H3,(H,14,15,16). The van der Waals surface area contributed by atoms with Crippen LogP contribution in [0.15, 0.2) is 24.5 Å². The molecule has 5 nitrogen and oxygen atoms in total. The lowest BCUT2D eigenvalue weighted by Gasteiger charge is -2.22. The van der Waals surface area contributed by atoms with E-state index in [2.05, 4.69) is 20.3 Å². The van der Waals surface area contributed by atoms with Crippen molar-refractivity contribution in [3.63, 3.8) is 0 Å². The Hall–Kier alpha value is -1.40. The number of anilines is 1. The molecule has 18 heavy (non-hydrogen) atoms. The molecule has 0 bridgehead atoms. The lowest BCUT2D eigenvalue weighted by molar-refractivity contribution is 0.0996. The highest BCUT2D eigenvalue weighted by atomic mass is 32.2. The lowest BCUT2D eigenvalue weighted by atomic mass is 10.1. The van der Waals surface area contributed by atoms with Crippen LogP contribution in [0, 0.1) is 0 Å². The van der Waals surface area contributed by atoms with Gasteiger partial charge in [0.2, 0.25) is 0 Å². The van der Waals surface area contributed by atoms with Crippen LogP contribution in [0.4, 0.5) is 5.82 Å². The number of fused-ring (bicyclic) bond motifs is 1. The first kappa shape index (κ1) is 13.0. The molecule has 2 heterocycles. The molecule has 0 aliphatic heterocycles. The van der Waals surface area contributed by atoms with E-state index in [4.69, 9.17) is 0 Å². The van der Waals surface area contributed by atoms with Crippen LogP contribution in [-0.4, -0.2) is 44.2 Å². The Kier molecular flexibility index (Phi) is 3.98. The van der Waals surface area contributed by atoms with Crippen molar-refractivity contribution in [2.24, 2.45) is 0 Å². The van der Waals surface area contributed by atoms with Crippen LogP contribution in [-0.2, 0) is 0 Å². The fourth-order valence-corrected chi connectivity index (χ4v) is 2.32. The van der Waals surface area contributed by atoms with E-state index < -0.39 is 5.60 Å². The molecule has 6 heteroatoms. The molecule has 0 saturated heterocycles. The monoisotopic (exact) mass is 264 g/mol. The van der Waals surface area contributed by atoms with E-state index in [9.17, 15) is 5.11 Å². The fraction of sp³-hybridized carbons (Fsp3) is 0.417. The van der Waals surface area contributed by atoms with Gasteiger partial charge in [-0.2, -0.15) is 11.8 Å². The maximum Gasteiger partial charge on any atom is 0.180 e. The number of hydrogen-bond donors (Lipinski definition) is 2. The first-order valence-electron chi connectivity index (χ1n) is 5.64. The van der Waals surface area contributed by atoms with Crippen molar-refractivity contribution in [2.75, 3.05) is 23.9 Å². The quantitative estimate of drug-likeness (QED) is 0.854. The Morgan fingerprint density at radius 2 is 2.11 bits per heavy atom. The first-order chi connectivity index (χ1) is 8.61. The van der Waals surface area contributed by atoms with E-state index >= 15 is 0 Å². The Morgan fingerprint density at radius 3 is 2.89 bits per heavy atom. The van der Waals surface area contributed by atoms with E-state index in [0.29, 0.717) is 23.8 Å². The highest BCUT2D eigenvalue weighted by Gasteiger charge is 2.19. The zero-order valence-electron chi connectivity index (χ0n) is 10.4. The molecule has 0 spiro atoms. The second-order valence-electron chi connectivity index (χ2n) is 4.38. The molecule has 2 N–H and O–H groups in total. The fourth-order valence-electron chi connectivity index (χ4n) is 1.60. The molecule has 96 valence electrons. The summed E-state index contributed by atoms with van der Waals surface area (Å²) in [4.78, 5) is 12.6. The van der Waals surface area contributed by atoms with Crippen molar-refractivity contribution in [1.82, 2.24) is 15.0 Å². The van der Waals surface area contributed by atoms with Gasteiger partial charge in [-0.1, -0.05) is 0 Å². The summed E-state index contributed by atoms with van der Waals surface area (Å²) >= 11 is 1.61. The Bertz CT molecular complexity index is 532. The Labute approximate surface area is 110 Å². The lowest BCUT2D eigenvalue weighted by Crippen LogP contribution is -2.36. The minimum Gasteiger partial charge on any atom is -0.387 e. The van der Waals surface area contributed by atoms with Crippen LogP contribution < -0.4 is 5.32 Å². The van der Waals surface area contributed by atoms with Crippen molar-refractivity contribution >= 4 is 28.7 Å². The van der Waals surface area contributed by atoms with Gasteiger partial charge in [-0.15, -0.1) is 0 Å². The predicted molar refractivity (Wildman–Crippen MR) is 74.8 cm³/mol. The van der Waals surface area contributed by atoms with Crippen molar-refractivity contribution in [3.8, 4) is 0 Å². The van der Waals surface area contributed by atoms with Gasteiger partial charge in [-0.05, 0) is 25.3 Å². The highest BCUT2D eigenvalue weighted by Crippen LogP contribution is 2.14. The first-order valence-corrected chi connectivity index (χ1v) is 7.03. The van der Waals surface area contributed by atoms with Crippen molar-refractivity contribution in [1.29, 1.82) is 0 Å². The second-order valence-corrected chi connectivity index (χ2v) is 5.25. The van der Waals surface area contributed by atoms with Gasteiger partial charge in [-0.25, -0.2) is 9.97 Å². The van der Waals surface area contributed by atoms with E-state index in [1.807, 2.05) is 18.4 Å². The maximum absolute atomic E-state index is 10.0.